The highest BCUT2D eigenvalue weighted by Gasteiger charge is 2.22. The smallest absolute Gasteiger partial charge is 0.324 e. The van der Waals surface area contributed by atoms with E-state index in [9.17, 15) is 4.79 Å². The molecule has 1 saturated heterocycles. The second kappa shape index (κ2) is 7.71. The van der Waals surface area contributed by atoms with E-state index in [1.165, 1.54) is 33.0 Å². The van der Waals surface area contributed by atoms with E-state index in [1.54, 1.807) is 7.05 Å². The monoisotopic (exact) mass is 257 g/mol. The van der Waals surface area contributed by atoms with Crippen molar-refractivity contribution in [3.05, 3.63) is 0 Å². The highest BCUT2D eigenvalue weighted by molar-refractivity contribution is 5.75. The molecule has 1 N–H and O–H groups in total. The lowest BCUT2D eigenvalue weighted by atomic mass is 9.96. The molecule has 5 nitrogen and oxygen atoms in total. The Morgan fingerprint density at radius 2 is 2.11 bits per heavy atom. The molecule has 0 saturated carbocycles. The number of likely N-dealkylation sites (N-methyl/N-ethyl adjacent to an activating group) is 2. The Kier molecular flexibility index (Phi) is 6.60. The number of hydrogen-bond acceptors (Lipinski definition) is 5. The fourth-order valence-electron chi connectivity index (χ4n) is 2.50. The largest absolute Gasteiger partial charge is 0.468 e. The molecular formula is C13H27N3O2. The first-order valence-electron chi connectivity index (χ1n) is 6.69. The van der Waals surface area contributed by atoms with Crippen molar-refractivity contribution in [3.8, 4) is 0 Å². The summed E-state index contributed by atoms with van der Waals surface area (Å²) in [5, 5.41) is 3.00. The fraction of sp³-hybridized carbons (Fsp3) is 0.923. The molecule has 0 amide bonds. The third-order valence-electron chi connectivity index (χ3n) is 3.74. The summed E-state index contributed by atoms with van der Waals surface area (Å²) in [5.41, 5.74) is 0. The van der Waals surface area contributed by atoms with Gasteiger partial charge in [0.25, 0.3) is 0 Å². The lowest BCUT2D eigenvalue weighted by Gasteiger charge is -2.32. The van der Waals surface area contributed by atoms with Crippen LogP contribution in [0.2, 0.25) is 0 Å². The number of ether oxygens (including phenoxy) is 1. The van der Waals surface area contributed by atoms with E-state index in [2.05, 4.69) is 29.2 Å². The van der Waals surface area contributed by atoms with Gasteiger partial charge in [-0.3, -0.25) is 4.79 Å². The van der Waals surface area contributed by atoms with Crippen LogP contribution in [0.4, 0.5) is 0 Å². The van der Waals surface area contributed by atoms with Gasteiger partial charge in [-0.1, -0.05) is 0 Å². The van der Waals surface area contributed by atoms with Crippen LogP contribution in [0, 0.1) is 5.92 Å². The van der Waals surface area contributed by atoms with Crippen molar-refractivity contribution in [2.45, 2.75) is 18.9 Å². The normalized spacial score (nSPS) is 20.1. The molecule has 1 aliphatic heterocycles. The van der Waals surface area contributed by atoms with Gasteiger partial charge in [0.1, 0.15) is 6.04 Å². The standard InChI is InChI=1S/C13H27N3O2/c1-14-12(13(17)18-4)10-16(3)9-11-5-7-15(2)8-6-11/h11-12,14H,5-10H2,1-4H3. The number of nitrogens with zero attached hydrogens (tertiary/aromatic N) is 2. The molecule has 1 unspecified atom stereocenters. The molecule has 0 bridgehead atoms. The van der Waals surface area contributed by atoms with Crippen LogP contribution in [0.1, 0.15) is 12.8 Å². The minimum atomic E-state index is -0.230. The van der Waals surface area contributed by atoms with Gasteiger partial charge in [0.15, 0.2) is 0 Å². The van der Waals surface area contributed by atoms with Crippen molar-refractivity contribution < 1.29 is 9.53 Å². The number of rotatable bonds is 6. The summed E-state index contributed by atoms with van der Waals surface area (Å²) in [6, 6.07) is -0.230. The predicted molar refractivity (Wildman–Crippen MR) is 72.6 cm³/mol. The Hall–Kier alpha value is -0.650. The maximum absolute atomic E-state index is 11.5. The zero-order valence-corrected chi connectivity index (χ0v) is 12.1. The Bertz CT molecular complexity index is 253. The van der Waals surface area contributed by atoms with Gasteiger partial charge < -0.3 is 19.9 Å². The molecule has 5 heteroatoms. The van der Waals surface area contributed by atoms with Gasteiger partial charge in [0.05, 0.1) is 7.11 Å². The second-order valence-electron chi connectivity index (χ2n) is 5.33. The zero-order chi connectivity index (χ0) is 13.5. The summed E-state index contributed by atoms with van der Waals surface area (Å²) in [7, 11) is 7.48. The molecule has 0 spiro atoms. The van der Waals surface area contributed by atoms with Crippen LogP contribution in [-0.2, 0) is 9.53 Å². The number of esters is 1. The lowest BCUT2D eigenvalue weighted by molar-refractivity contribution is -0.143. The molecule has 0 aromatic carbocycles. The molecule has 1 heterocycles. The summed E-state index contributed by atoms with van der Waals surface area (Å²) in [6.45, 7) is 4.13. The van der Waals surface area contributed by atoms with Crippen molar-refractivity contribution in [1.29, 1.82) is 0 Å². The van der Waals surface area contributed by atoms with Gasteiger partial charge >= 0.3 is 5.97 Å². The summed E-state index contributed by atoms with van der Waals surface area (Å²) >= 11 is 0. The summed E-state index contributed by atoms with van der Waals surface area (Å²) < 4.78 is 4.77. The van der Waals surface area contributed by atoms with Gasteiger partial charge in [-0.05, 0) is 53.0 Å². The average molecular weight is 257 g/mol. The van der Waals surface area contributed by atoms with Crippen molar-refractivity contribution >= 4 is 5.97 Å². The molecule has 106 valence electrons. The average Bonchev–Trinajstić information content (AvgIpc) is 2.37. The molecule has 1 atom stereocenters. The number of carbonyl (C=O) groups excluding carboxylic acids is 1. The van der Waals surface area contributed by atoms with Crippen molar-refractivity contribution in [2.75, 3.05) is 54.4 Å². The van der Waals surface area contributed by atoms with Crippen LogP contribution in [0.5, 0.6) is 0 Å². The Labute approximate surface area is 110 Å². The van der Waals surface area contributed by atoms with E-state index in [1.807, 2.05) is 0 Å². The first kappa shape index (κ1) is 15.4. The van der Waals surface area contributed by atoms with E-state index < -0.39 is 0 Å². The highest BCUT2D eigenvalue weighted by Crippen LogP contribution is 2.16. The Balaban J connectivity index is 2.31. The quantitative estimate of drug-likeness (QED) is 0.680. The maximum Gasteiger partial charge on any atom is 0.324 e. The predicted octanol–water partition coefficient (Wildman–Crippen LogP) is 0.0210. The van der Waals surface area contributed by atoms with Crippen molar-refractivity contribution in [3.63, 3.8) is 0 Å². The molecule has 0 radical (unpaired) electrons. The molecule has 0 aromatic rings. The number of nitrogens with one attached hydrogen (secondary N) is 1. The van der Waals surface area contributed by atoms with E-state index in [0.29, 0.717) is 6.54 Å². The number of methoxy groups -OCH3 is 1. The number of likely N-dealkylation sites (tertiary alicyclic amines) is 1. The molecule has 1 rings (SSSR count). The van der Waals surface area contributed by atoms with Gasteiger partial charge in [-0.25, -0.2) is 0 Å². The van der Waals surface area contributed by atoms with Crippen LogP contribution in [-0.4, -0.2) is 76.2 Å². The third kappa shape index (κ3) is 4.92. The minimum Gasteiger partial charge on any atom is -0.468 e. The molecule has 1 aliphatic rings. The molecule has 0 aliphatic carbocycles. The summed E-state index contributed by atoms with van der Waals surface area (Å²) in [6.07, 6.45) is 2.51. The highest BCUT2D eigenvalue weighted by atomic mass is 16.5. The zero-order valence-electron chi connectivity index (χ0n) is 12.1. The van der Waals surface area contributed by atoms with E-state index in [0.717, 1.165) is 12.5 Å². The summed E-state index contributed by atoms with van der Waals surface area (Å²) in [5.74, 6) is 0.564. The van der Waals surface area contributed by atoms with Gasteiger partial charge in [0.2, 0.25) is 0 Å². The van der Waals surface area contributed by atoms with Crippen LogP contribution in [0.25, 0.3) is 0 Å². The van der Waals surface area contributed by atoms with Crippen LogP contribution < -0.4 is 5.32 Å². The Morgan fingerprint density at radius 1 is 1.50 bits per heavy atom. The Morgan fingerprint density at radius 3 is 2.61 bits per heavy atom. The minimum absolute atomic E-state index is 0.187. The van der Waals surface area contributed by atoms with Gasteiger partial charge in [-0.2, -0.15) is 0 Å². The van der Waals surface area contributed by atoms with E-state index in [-0.39, 0.29) is 12.0 Å². The van der Waals surface area contributed by atoms with E-state index in [4.69, 9.17) is 4.74 Å². The van der Waals surface area contributed by atoms with Crippen LogP contribution in [0.3, 0.4) is 0 Å². The third-order valence-corrected chi connectivity index (χ3v) is 3.74. The topological polar surface area (TPSA) is 44.8 Å². The molecule has 18 heavy (non-hydrogen) atoms. The number of carbonyl (C=O) groups is 1. The second-order valence-corrected chi connectivity index (χ2v) is 5.33. The maximum atomic E-state index is 11.5. The van der Waals surface area contributed by atoms with Crippen molar-refractivity contribution in [2.24, 2.45) is 5.92 Å². The molecular weight excluding hydrogens is 230 g/mol. The molecule has 0 aromatic heterocycles. The van der Waals surface area contributed by atoms with Gasteiger partial charge in [0, 0.05) is 13.1 Å². The van der Waals surface area contributed by atoms with E-state index >= 15 is 0 Å². The number of piperidine rings is 1. The van der Waals surface area contributed by atoms with Crippen molar-refractivity contribution in [1.82, 2.24) is 15.1 Å². The van der Waals surface area contributed by atoms with Gasteiger partial charge in [-0.15, -0.1) is 0 Å². The van der Waals surface area contributed by atoms with Crippen LogP contribution >= 0.6 is 0 Å². The number of hydrogen-bond donors (Lipinski definition) is 1. The molecule has 1 fully saturated rings. The first-order valence-corrected chi connectivity index (χ1v) is 6.69. The first-order chi connectivity index (χ1) is 8.56. The summed E-state index contributed by atoms with van der Waals surface area (Å²) in [4.78, 5) is 16.1. The fourth-order valence-corrected chi connectivity index (χ4v) is 2.50. The van der Waals surface area contributed by atoms with Crippen LogP contribution in [0.15, 0.2) is 0 Å². The SMILES string of the molecule is CNC(CN(C)CC1CCN(C)CC1)C(=O)OC. The lowest BCUT2D eigenvalue weighted by Crippen LogP contribution is -2.46.